The van der Waals surface area contributed by atoms with Gasteiger partial charge in [-0.15, -0.1) is 0 Å². The lowest BCUT2D eigenvalue weighted by Crippen LogP contribution is -2.66. The number of ether oxygens (including phenoxy) is 1. The molecule has 1 aliphatic heterocycles. The highest BCUT2D eigenvalue weighted by atomic mass is 16.5. The molecule has 242 valence electrons. The largest absolute Gasteiger partial charge is 0.508 e. The molecule has 0 spiro atoms. The molecule has 0 aromatic heterocycles. The fraction of sp³-hybridized carbons (Fsp3) is 0.412. The van der Waals surface area contributed by atoms with Gasteiger partial charge in [-0.3, -0.25) is 24.1 Å². The van der Waals surface area contributed by atoms with E-state index in [4.69, 9.17) is 10.5 Å². The Morgan fingerprint density at radius 3 is 2.37 bits per heavy atom. The zero-order valence-electron chi connectivity index (χ0n) is 26.2. The molecule has 4 atom stereocenters. The van der Waals surface area contributed by atoms with Crippen molar-refractivity contribution in [3.05, 3.63) is 70.0 Å². The number of likely N-dealkylation sites (N-methyl/N-ethyl adjacent to an activating group) is 2. The van der Waals surface area contributed by atoms with Crippen LogP contribution < -0.4 is 5.73 Å². The summed E-state index contributed by atoms with van der Waals surface area (Å²) in [6.07, 6.45) is 0.332. The van der Waals surface area contributed by atoms with E-state index in [2.05, 4.69) is 4.90 Å². The Kier molecular flexibility index (Phi) is 7.78. The van der Waals surface area contributed by atoms with Crippen molar-refractivity contribution >= 4 is 29.1 Å². The third-order valence-corrected chi connectivity index (χ3v) is 10.1. The molecule has 12 nitrogen and oxygen atoms in total. The van der Waals surface area contributed by atoms with Crippen molar-refractivity contribution in [3.63, 3.8) is 0 Å². The smallest absolute Gasteiger partial charge is 0.255 e. The molecule has 1 heterocycles. The number of nitrogens with zero attached hydrogens (tertiary/aromatic N) is 3. The van der Waals surface area contributed by atoms with Crippen molar-refractivity contribution in [3.8, 4) is 16.9 Å². The van der Waals surface area contributed by atoms with Crippen LogP contribution in [0.4, 0.5) is 0 Å². The molecule has 2 fully saturated rings. The van der Waals surface area contributed by atoms with Crippen molar-refractivity contribution in [1.29, 1.82) is 0 Å². The molecular weight excluding hydrogens is 592 g/mol. The van der Waals surface area contributed by atoms with Crippen LogP contribution >= 0.6 is 0 Å². The summed E-state index contributed by atoms with van der Waals surface area (Å²) in [6.45, 7) is 2.82. The lowest BCUT2D eigenvalue weighted by Gasteiger charge is -2.52. The number of primary amides is 1. The van der Waals surface area contributed by atoms with E-state index in [0.29, 0.717) is 35.3 Å². The van der Waals surface area contributed by atoms with Gasteiger partial charge in [0.2, 0.25) is 5.78 Å². The average Bonchev–Trinajstić information content (AvgIpc) is 3.01. The number of phenolic OH excluding ortho intramolecular Hbond substituents is 1. The highest BCUT2D eigenvalue weighted by Gasteiger charge is 2.65. The summed E-state index contributed by atoms with van der Waals surface area (Å²) >= 11 is 0. The van der Waals surface area contributed by atoms with Crippen LogP contribution in [0.1, 0.15) is 27.9 Å². The van der Waals surface area contributed by atoms with E-state index in [1.54, 1.807) is 43.3 Å². The maximum Gasteiger partial charge on any atom is 0.255 e. The maximum absolute atomic E-state index is 14.4. The Labute approximate surface area is 266 Å². The highest BCUT2D eigenvalue weighted by molar-refractivity contribution is 6.24. The van der Waals surface area contributed by atoms with Crippen molar-refractivity contribution in [2.24, 2.45) is 17.6 Å². The fourth-order valence-corrected chi connectivity index (χ4v) is 7.85. The van der Waals surface area contributed by atoms with E-state index >= 15 is 0 Å². The number of phenols is 1. The number of aromatic hydroxyl groups is 1. The van der Waals surface area contributed by atoms with Crippen molar-refractivity contribution < 1.29 is 39.2 Å². The first-order valence-electron chi connectivity index (χ1n) is 15.2. The third-order valence-electron chi connectivity index (χ3n) is 10.1. The zero-order valence-corrected chi connectivity index (χ0v) is 26.2. The predicted octanol–water partition coefficient (Wildman–Crippen LogP) is 1.67. The number of piperazine rings is 1. The molecule has 4 aliphatic rings. The molecular formula is C34H38N4O8. The molecule has 46 heavy (non-hydrogen) atoms. The maximum atomic E-state index is 14.4. The van der Waals surface area contributed by atoms with Gasteiger partial charge >= 0.3 is 0 Å². The fourth-order valence-electron chi connectivity index (χ4n) is 7.85. The SMILES string of the molecule is CO[C@]12C(=O)C3=C(O)c4c(O)ccc(-c5cccc(C(=O)N6CCN(C)CC6)c5)c4C[C@H]3C[C@H]1[C@H](N(C)C)C(=O)C(C(N)=O)=C2O. The summed E-state index contributed by atoms with van der Waals surface area (Å²) in [6, 6.07) is 9.30. The first-order valence-corrected chi connectivity index (χ1v) is 15.2. The van der Waals surface area contributed by atoms with Crippen LogP contribution in [0.5, 0.6) is 5.75 Å². The second-order valence-corrected chi connectivity index (χ2v) is 12.8. The lowest BCUT2D eigenvalue weighted by atomic mass is 9.57. The molecule has 2 aromatic carbocycles. The van der Waals surface area contributed by atoms with Gasteiger partial charge in [0, 0.05) is 50.3 Å². The summed E-state index contributed by atoms with van der Waals surface area (Å²) in [4.78, 5) is 59.2. The van der Waals surface area contributed by atoms with Gasteiger partial charge in [-0.2, -0.15) is 0 Å². The standard InChI is InChI=1S/C34H38N4O8/c1-36(2)27-22-16-19-15-21-20(17-6-5-7-18(14-17)33(45)38-12-10-37(3)11-13-38)8-9-23(39)25(21)28(40)24(19)30(42)34(22,46-4)31(43)26(29(27)41)32(35)44/h5-9,14,19,22,27,39-40,43H,10-13,15-16H2,1-4H3,(H2,35,44)/t19-,22-,27-,34-/m0/s1. The quantitative estimate of drug-likeness (QED) is 0.356. The first-order chi connectivity index (χ1) is 21.8. The molecule has 3 aliphatic carbocycles. The van der Waals surface area contributed by atoms with Crippen LogP contribution in [0.25, 0.3) is 16.9 Å². The van der Waals surface area contributed by atoms with Crippen LogP contribution in [0.2, 0.25) is 0 Å². The summed E-state index contributed by atoms with van der Waals surface area (Å²) in [5.74, 6) is -5.94. The molecule has 6 rings (SSSR count). The van der Waals surface area contributed by atoms with E-state index in [-0.39, 0.29) is 35.6 Å². The number of methoxy groups -OCH3 is 1. The Hall–Kier alpha value is -4.52. The van der Waals surface area contributed by atoms with Gasteiger partial charge in [-0.05, 0) is 74.8 Å². The van der Waals surface area contributed by atoms with Gasteiger partial charge in [0.15, 0.2) is 11.4 Å². The summed E-state index contributed by atoms with van der Waals surface area (Å²) < 4.78 is 5.73. The predicted molar refractivity (Wildman–Crippen MR) is 168 cm³/mol. The van der Waals surface area contributed by atoms with Crippen LogP contribution in [0, 0.1) is 11.8 Å². The van der Waals surface area contributed by atoms with Crippen LogP contribution in [0.15, 0.2) is 53.3 Å². The summed E-state index contributed by atoms with van der Waals surface area (Å²) in [5, 5.41) is 34.0. The molecule has 0 unspecified atom stereocenters. The lowest BCUT2D eigenvalue weighted by molar-refractivity contribution is -0.159. The number of nitrogens with two attached hydrogens (primary N) is 1. The Balaban J connectivity index is 1.47. The van der Waals surface area contributed by atoms with E-state index < -0.39 is 58.0 Å². The Morgan fingerprint density at radius 1 is 1.04 bits per heavy atom. The van der Waals surface area contributed by atoms with Crippen molar-refractivity contribution in [2.75, 3.05) is 54.4 Å². The number of hydrogen-bond acceptors (Lipinski definition) is 10. The van der Waals surface area contributed by atoms with Gasteiger partial charge in [0.25, 0.3) is 11.8 Å². The molecule has 12 heteroatoms. The van der Waals surface area contributed by atoms with E-state index in [0.717, 1.165) is 13.1 Å². The number of carbonyl (C=O) groups excluding carboxylic acids is 4. The number of aliphatic hydroxyl groups excluding tert-OH is 2. The number of Topliss-reactive ketones (excluding diaryl/α,β-unsaturated/α-hetero) is 2. The Bertz CT molecular complexity index is 1740. The molecule has 2 aromatic rings. The molecule has 5 N–H and O–H groups in total. The minimum atomic E-state index is -2.16. The molecule has 1 saturated heterocycles. The Morgan fingerprint density at radius 2 is 1.74 bits per heavy atom. The number of aliphatic hydroxyl groups is 2. The van der Waals surface area contributed by atoms with Gasteiger partial charge in [-0.25, -0.2) is 0 Å². The first kappa shape index (κ1) is 31.5. The number of amides is 2. The molecule has 0 radical (unpaired) electrons. The minimum absolute atomic E-state index is 0.0623. The van der Waals surface area contributed by atoms with Crippen LogP contribution in [-0.4, -0.2) is 119 Å². The summed E-state index contributed by atoms with van der Waals surface area (Å²) in [5.41, 5.74) is 5.09. The average molecular weight is 631 g/mol. The van der Waals surface area contributed by atoms with Crippen molar-refractivity contribution in [2.45, 2.75) is 24.5 Å². The van der Waals surface area contributed by atoms with Crippen molar-refractivity contribution in [1.82, 2.24) is 14.7 Å². The normalized spacial score (nSPS) is 26.6. The van der Waals surface area contributed by atoms with Gasteiger partial charge < -0.3 is 35.6 Å². The monoisotopic (exact) mass is 630 g/mol. The topological polar surface area (TPSA) is 174 Å². The van der Waals surface area contributed by atoms with E-state index in [1.165, 1.54) is 13.2 Å². The van der Waals surface area contributed by atoms with Gasteiger partial charge in [0.1, 0.15) is 22.8 Å². The number of carbonyl (C=O) groups is 4. The molecule has 1 saturated carbocycles. The van der Waals surface area contributed by atoms with Crippen LogP contribution in [-0.2, 0) is 25.5 Å². The minimum Gasteiger partial charge on any atom is -0.508 e. The highest BCUT2D eigenvalue weighted by Crippen LogP contribution is 2.54. The third kappa shape index (κ3) is 4.54. The molecule has 2 amide bonds. The number of hydrogen-bond donors (Lipinski definition) is 4. The summed E-state index contributed by atoms with van der Waals surface area (Å²) in [7, 11) is 6.47. The van der Waals surface area contributed by atoms with Gasteiger partial charge in [0.05, 0.1) is 11.6 Å². The van der Waals surface area contributed by atoms with E-state index in [9.17, 15) is 34.5 Å². The second kappa shape index (κ2) is 11.4. The number of rotatable bonds is 5. The number of ketones is 2. The number of fused-ring (bicyclic) bond motifs is 3. The number of benzene rings is 2. The van der Waals surface area contributed by atoms with E-state index in [1.807, 2.05) is 18.0 Å². The second-order valence-electron chi connectivity index (χ2n) is 12.8. The van der Waals surface area contributed by atoms with Crippen LogP contribution in [0.3, 0.4) is 0 Å². The molecule has 0 bridgehead atoms. The zero-order chi connectivity index (χ0) is 33.2. The van der Waals surface area contributed by atoms with Gasteiger partial charge in [-0.1, -0.05) is 18.2 Å².